The molecule has 1 aliphatic heterocycles. The van der Waals surface area contributed by atoms with Crippen molar-refractivity contribution in [3.8, 4) is 0 Å². The van der Waals surface area contributed by atoms with E-state index < -0.39 is 32.7 Å². The molecule has 130 valence electrons. The molecule has 10 heteroatoms. The summed E-state index contributed by atoms with van der Waals surface area (Å²) in [4.78, 5) is 1.86. The largest absolute Gasteiger partial charge is 0.399 e. The van der Waals surface area contributed by atoms with E-state index in [0.717, 1.165) is 18.9 Å². The highest BCUT2D eigenvalue weighted by Gasteiger charge is 2.39. The van der Waals surface area contributed by atoms with Crippen molar-refractivity contribution in [3.05, 3.63) is 35.9 Å². The van der Waals surface area contributed by atoms with Crippen LogP contribution in [-0.4, -0.2) is 60.4 Å². The van der Waals surface area contributed by atoms with Gasteiger partial charge in [0.25, 0.3) is 10.1 Å². The molecule has 1 aromatic rings. The topological polar surface area (TPSA) is 99.2 Å². The molecular formula is C13H19NO7S2. The van der Waals surface area contributed by atoms with E-state index in [1.165, 1.54) is 0 Å². The van der Waals surface area contributed by atoms with Gasteiger partial charge in [0.1, 0.15) is 12.2 Å². The minimum absolute atomic E-state index is 0.206. The van der Waals surface area contributed by atoms with Crippen molar-refractivity contribution in [2.24, 2.45) is 0 Å². The molecule has 0 N–H and O–H groups in total. The van der Waals surface area contributed by atoms with Crippen molar-refractivity contribution in [3.63, 3.8) is 0 Å². The third-order valence-electron chi connectivity index (χ3n) is 3.28. The number of hydrogen-bond donors (Lipinski definition) is 0. The summed E-state index contributed by atoms with van der Waals surface area (Å²) >= 11 is 0. The van der Waals surface area contributed by atoms with Crippen molar-refractivity contribution in [2.75, 3.05) is 26.5 Å². The van der Waals surface area contributed by atoms with Crippen LogP contribution in [0.15, 0.2) is 30.3 Å². The molecule has 2 rings (SSSR count). The Hall–Kier alpha value is -1.04. The fraction of sp³-hybridized carbons (Fsp3) is 0.538. The molecule has 1 aromatic carbocycles. The summed E-state index contributed by atoms with van der Waals surface area (Å²) < 4.78 is 59.7. The van der Waals surface area contributed by atoms with Gasteiger partial charge >= 0.3 is 10.4 Å². The average molecular weight is 365 g/mol. The van der Waals surface area contributed by atoms with Crippen LogP contribution in [-0.2, 0) is 39.6 Å². The summed E-state index contributed by atoms with van der Waals surface area (Å²) in [7, 11) is -6.96. The maximum atomic E-state index is 11.5. The third-order valence-corrected chi connectivity index (χ3v) is 4.77. The molecule has 2 atom stereocenters. The number of hydrogen-bond acceptors (Lipinski definition) is 8. The van der Waals surface area contributed by atoms with Crippen LogP contribution in [0.4, 0.5) is 0 Å². The van der Waals surface area contributed by atoms with Crippen LogP contribution in [0, 0.1) is 0 Å². The maximum absolute atomic E-state index is 11.5. The monoisotopic (exact) mass is 365 g/mol. The van der Waals surface area contributed by atoms with Crippen molar-refractivity contribution in [1.82, 2.24) is 4.90 Å². The lowest BCUT2D eigenvalue weighted by Crippen LogP contribution is -2.34. The van der Waals surface area contributed by atoms with Gasteiger partial charge in [0.2, 0.25) is 0 Å². The van der Waals surface area contributed by atoms with Gasteiger partial charge in [0, 0.05) is 19.6 Å². The van der Waals surface area contributed by atoms with Gasteiger partial charge in [0.15, 0.2) is 0 Å². The zero-order valence-electron chi connectivity index (χ0n) is 12.8. The molecule has 0 aromatic heterocycles. The molecule has 0 spiro atoms. The number of benzene rings is 1. The first-order valence-corrected chi connectivity index (χ1v) is 9.97. The zero-order chi connectivity index (χ0) is 17.1. The van der Waals surface area contributed by atoms with Gasteiger partial charge in [-0.05, 0) is 5.56 Å². The summed E-state index contributed by atoms with van der Waals surface area (Å²) in [6.45, 7) is 0.959. The van der Waals surface area contributed by atoms with Gasteiger partial charge in [-0.25, -0.2) is 4.18 Å². The minimum atomic E-state index is -4.19. The molecule has 0 saturated carbocycles. The molecule has 1 aliphatic rings. The van der Waals surface area contributed by atoms with Crippen molar-refractivity contribution in [1.29, 1.82) is 0 Å². The van der Waals surface area contributed by atoms with Crippen LogP contribution in [0.1, 0.15) is 5.56 Å². The first-order chi connectivity index (χ1) is 10.7. The summed E-state index contributed by atoms with van der Waals surface area (Å²) in [5.41, 5.74) is 1.01. The van der Waals surface area contributed by atoms with E-state index in [1.54, 1.807) is 0 Å². The van der Waals surface area contributed by atoms with E-state index in [1.807, 2.05) is 35.2 Å². The summed E-state index contributed by atoms with van der Waals surface area (Å²) in [5.74, 6) is 0. The van der Waals surface area contributed by atoms with Crippen molar-refractivity contribution >= 4 is 20.5 Å². The van der Waals surface area contributed by atoms with Gasteiger partial charge in [-0.3, -0.25) is 13.3 Å². The zero-order valence-corrected chi connectivity index (χ0v) is 14.4. The standard InChI is InChI=1S/C13H19NO7S2/c1-19-23(17,18)21-13-10-14(8-11-6-4-3-5-7-11)9-12(13)20-22(2,15)16/h3-7,12-13H,8-10H2,1-2H3/t12-,13-/m1/s1. The van der Waals surface area contributed by atoms with E-state index in [9.17, 15) is 16.8 Å². The maximum Gasteiger partial charge on any atom is 0.399 e. The second-order valence-corrected chi connectivity index (χ2v) is 8.17. The smallest absolute Gasteiger partial charge is 0.294 e. The Morgan fingerprint density at radius 1 is 1.04 bits per heavy atom. The van der Waals surface area contributed by atoms with E-state index >= 15 is 0 Å². The predicted octanol–water partition coefficient (Wildman–Crippen LogP) is 0.123. The molecule has 1 fully saturated rings. The lowest BCUT2D eigenvalue weighted by atomic mass is 10.2. The fourth-order valence-electron chi connectivity index (χ4n) is 2.39. The normalized spacial score (nSPS) is 23.2. The fourth-order valence-corrected chi connectivity index (χ4v) is 3.59. The Balaban J connectivity index is 2.11. The Kier molecular flexibility index (Phi) is 5.76. The summed E-state index contributed by atoms with van der Waals surface area (Å²) in [5, 5.41) is 0. The molecule has 0 bridgehead atoms. The minimum Gasteiger partial charge on any atom is -0.294 e. The SMILES string of the molecule is COS(=O)(=O)O[C@@H]1CN(Cc2ccccc2)C[C@H]1OS(C)(=O)=O. The summed E-state index contributed by atoms with van der Waals surface area (Å²) in [6, 6.07) is 9.51. The second kappa shape index (κ2) is 7.24. The molecular weight excluding hydrogens is 346 g/mol. The van der Waals surface area contributed by atoms with Crippen LogP contribution in [0.5, 0.6) is 0 Å². The Morgan fingerprint density at radius 2 is 1.61 bits per heavy atom. The average Bonchev–Trinajstić information content (AvgIpc) is 2.78. The molecule has 0 amide bonds. The van der Waals surface area contributed by atoms with E-state index in [0.29, 0.717) is 6.54 Å². The molecule has 0 unspecified atom stereocenters. The van der Waals surface area contributed by atoms with Gasteiger partial charge in [-0.15, -0.1) is 0 Å². The predicted molar refractivity (Wildman–Crippen MR) is 82.2 cm³/mol. The van der Waals surface area contributed by atoms with Crippen LogP contribution < -0.4 is 0 Å². The molecule has 1 saturated heterocycles. The van der Waals surface area contributed by atoms with Crippen molar-refractivity contribution in [2.45, 2.75) is 18.8 Å². The molecule has 0 aliphatic carbocycles. The van der Waals surface area contributed by atoms with Gasteiger partial charge in [-0.1, -0.05) is 30.3 Å². The number of likely N-dealkylation sites (tertiary alicyclic amines) is 1. The Bertz CT molecular complexity index is 718. The number of rotatable bonds is 7. The summed E-state index contributed by atoms with van der Waals surface area (Å²) in [6.07, 6.45) is -0.966. The van der Waals surface area contributed by atoms with Crippen LogP contribution in [0.25, 0.3) is 0 Å². The quantitative estimate of drug-likeness (QED) is 0.629. The highest BCUT2D eigenvalue weighted by molar-refractivity contribution is 7.86. The van der Waals surface area contributed by atoms with Gasteiger partial charge in [0.05, 0.1) is 13.4 Å². The highest BCUT2D eigenvalue weighted by atomic mass is 32.3. The van der Waals surface area contributed by atoms with Gasteiger partial charge in [-0.2, -0.15) is 16.8 Å². The van der Waals surface area contributed by atoms with Crippen molar-refractivity contribution < 1.29 is 29.4 Å². The lowest BCUT2D eigenvalue weighted by molar-refractivity contribution is 0.0869. The highest BCUT2D eigenvalue weighted by Crippen LogP contribution is 2.22. The Morgan fingerprint density at radius 3 is 2.13 bits per heavy atom. The van der Waals surface area contributed by atoms with Crippen LogP contribution in [0.2, 0.25) is 0 Å². The number of nitrogens with zero attached hydrogens (tertiary/aromatic N) is 1. The van der Waals surface area contributed by atoms with Gasteiger partial charge < -0.3 is 0 Å². The van der Waals surface area contributed by atoms with E-state index in [2.05, 4.69) is 4.18 Å². The molecule has 8 nitrogen and oxygen atoms in total. The first-order valence-electron chi connectivity index (χ1n) is 6.82. The van der Waals surface area contributed by atoms with Crippen LogP contribution in [0.3, 0.4) is 0 Å². The Labute approximate surface area is 136 Å². The third kappa shape index (κ3) is 5.83. The lowest BCUT2D eigenvalue weighted by Gasteiger charge is -2.16. The van der Waals surface area contributed by atoms with Crippen LogP contribution >= 0.6 is 0 Å². The molecule has 1 heterocycles. The molecule has 0 radical (unpaired) electrons. The van der Waals surface area contributed by atoms with E-state index in [-0.39, 0.29) is 13.1 Å². The molecule has 23 heavy (non-hydrogen) atoms. The van der Waals surface area contributed by atoms with E-state index in [4.69, 9.17) is 8.37 Å². The second-order valence-electron chi connectivity index (χ2n) is 5.23. The first kappa shape index (κ1) is 18.3.